The molecule has 1 aromatic carbocycles. The van der Waals surface area contributed by atoms with E-state index in [0.29, 0.717) is 12.1 Å². The summed E-state index contributed by atoms with van der Waals surface area (Å²) in [7, 11) is -7.62. The van der Waals surface area contributed by atoms with E-state index in [1.807, 2.05) is 19.6 Å². The van der Waals surface area contributed by atoms with E-state index in [0.717, 1.165) is 6.07 Å². The van der Waals surface area contributed by atoms with Crippen molar-refractivity contribution in [2.75, 3.05) is 4.98 Å². The molecule has 0 saturated carbocycles. The number of nitro benzene ring substituents is 1. The number of nitro groups is 1. The molecule has 0 spiro atoms. The molecule has 0 aliphatic carbocycles. The second-order valence-electron chi connectivity index (χ2n) is 5.26. The first-order valence-electron chi connectivity index (χ1n) is 5.64. The zero-order chi connectivity index (χ0) is 16.6. The van der Waals surface area contributed by atoms with Crippen molar-refractivity contribution in [3.05, 3.63) is 28.3 Å². The van der Waals surface area contributed by atoms with Gasteiger partial charge in [0.05, 0.1) is 9.82 Å². The molecule has 1 aromatic rings. The van der Waals surface area contributed by atoms with E-state index in [9.17, 15) is 31.7 Å². The van der Waals surface area contributed by atoms with Gasteiger partial charge in [-0.25, -0.2) is 8.42 Å². The zero-order valence-corrected chi connectivity index (χ0v) is 13.2. The molecule has 0 bridgehead atoms. The molecule has 1 rings (SSSR count). The summed E-state index contributed by atoms with van der Waals surface area (Å²) in [6, 6.07) is 2.11. The summed E-state index contributed by atoms with van der Waals surface area (Å²) in [5, 5.41) is 10.9. The van der Waals surface area contributed by atoms with Crippen LogP contribution in [0.15, 0.2) is 23.1 Å². The summed E-state index contributed by atoms with van der Waals surface area (Å²) < 4.78 is 59.9. The molecule has 0 unspecified atom stereocenters. The maximum absolute atomic E-state index is 12.5. The second-order valence-corrected chi connectivity index (χ2v) is 12.0. The third-order valence-corrected chi connectivity index (χ3v) is 4.79. The predicted molar refractivity (Wildman–Crippen MR) is 73.3 cm³/mol. The number of hydrogen-bond donors (Lipinski definition) is 1. The van der Waals surface area contributed by atoms with Crippen LogP contribution in [-0.2, 0) is 9.84 Å². The summed E-state index contributed by atoms with van der Waals surface area (Å²) in [5.41, 5.74) is -6.21. The van der Waals surface area contributed by atoms with Gasteiger partial charge in [0.25, 0.3) is 15.5 Å². The Morgan fingerprint density at radius 2 is 1.76 bits per heavy atom. The van der Waals surface area contributed by atoms with Crippen molar-refractivity contribution in [3.63, 3.8) is 0 Å². The number of benzene rings is 1. The number of sulfone groups is 1. The first-order valence-corrected chi connectivity index (χ1v) is 10.6. The summed E-state index contributed by atoms with van der Waals surface area (Å²) >= 11 is 0. The Morgan fingerprint density at radius 1 is 1.24 bits per heavy atom. The van der Waals surface area contributed by atoms with E-state index in [1.54, 1.807) is 0 Å². The predicted octanol–water partition coefficient (Wildman–Crippen LogP) is 3.14. The van der Waals surface area contributed by atoms with Gasteiger partial charge in [0, 0.05) is 6.07 Å². The van der Waals surface area contributed by atoms with E-state index in [4.69, 9.17) is 0 Å². The highest BCUT2D eigenvalue weighted by Gasteiger charge is 2.47. The Hall–Kier alpha value is -1.62. The maximum Gasteiger partial charge on any atom is 0.501 e. The Morgan fingerprint density at radius 3 is 2.14 bits per heavy atom. The van der Waals surface area contributed by atoms with E-state index in [2.05, 4.69) is 4.98 Å². The van der Waals surface area contributed by atoms with Gasteiger partial charge in [-0.2, -0.15) is 13.2 Å². The highest BCUT2D eigenvalue weighted by molar-refractivity contribution is 7.92. The van der Waals surface area contributed by atoms with Gasteiger partial charge < -0.3 is 4.98 Å². The highest BCUT2D eigenvalue weighted by atomic mass is 32.2. The summed E-state index contributed by atoms with van der Waals surface area (Å²) in [6.07, 6.45) is 0. The van der Waals surface area contributed by atoms with Crippen molar-refractivity contribution in [3.8, 4) is 0 Å². The fourth-order valence-corrected chi connectivity index (χ4v) is 3.27. The molecule has 6 nitrogen and oxygen atoms in total. The highest BCUT2D eigenvalue weighted by Crippen LogP contribution is 2.35. The van der Waals surface area contributed by atoms with Crippen LogP contribution in [0.4, 0.5) is 24.5 Å². The van der Waals surface area contributed by atoms with Crippen LogP contribution in [0, 0.1) is 10.1 Å². The van der Waals surface area contributed by atoms with Crippen LogP contribution in [0.5, 0.6) is 0 Å². The second kappa shape index (κ2) is 5.29. The average Bonchev–Trinajstić information content (AvgIpc) is 2.25. The first kappa shape index (κ1) is 17.4. The van der Waals surface area contributed by atoms with Crippen molar-refractivity contribution in [2.24, 2.45) is 0 Å². The fraction of sp³-hybridized carbons (Fsp3) is 0.400. The molecule has 0 aliphatic rings. The van der Waals surface area contributed by atoms with Gasteiger partial charge in [0.15, 0.2) is 0 Å². The van der Waals surface area contributed by atoms with Crippen molar-refractivity contribution in [1.29, 1.82) is 0 Å². The monoisotopic (exact) mass is 342 g/mol. The van der Waals surface area contributed by atoms with E-state index >= 15 is 0 Å². The fourth-order valence-electron chi connectivity index (χ4n) is 1.47. The van der Waals surface area contributed by atoms with Gasteiger partial charge in [-0.1, -0.05) is 19.6 Å². The number of nitrogens with one attached hydrogen (secondary N) is 1. The molecule has 0 amide bonds. The molecule has 0 saturated heterocycles. The molecule has 0 aromatic heterocycles. The SMILES string of the molecule is C[Si](C)(C)Nc1ccc(S(=O)(=O)C(F)(F)F)cc1[N+](=O)[O-]. The molecule has 21 heavy (non-hydrogen) atoms. The smallest absolute Gasteiger partial charge is 0.405 e. The van der Waals surface area contributed by atoms with Crippen molar-refractivity contribution in [1.82, 2.24) is 0 Å². The van der Waals surface area contributed by atoms with Gasteiger partial charge in [-0.15, -0.1) is 0 Å². The van der Waals surface area contributed by atoms with Gasteiger partial charge in [-0.05, 0) is 12.1 Å². The van der Waals surface area contributed by atoms with Crippen LogP contribution in [-0.4, -0.2) is 27.1 Å². The van der Waals surface area contributed by atoms with Gasteiger partial charge >= 0.3 is 5.51 Å². The van der Waals surface area contributed by atoms with E-state index in [-0.39, 0.29) is 5.69 Å². The summed E-state index contributed by atoms with van der Waals surface area (Å²) in [5.74, 6) is 0. The number of anilines is 1. The Bertz CT molecular complexity index is 668. The lowest BCUT2D eigenvalue weighted by atomic mass is 10.3. The molecule has 118 valence electrons. The van der Waals surface area contributed by atoms with Gasteiger partial charge in [0.2, 0.25) is 0 Å². The zero-order valence-electron chi connectivity index (χ0n) is 11.4. The summed E-state index contributed by atoms with van der Waals surface area (Å²) in [4.78, 5) is 11.7. The number of alkyl halides is 3. The van der Waals surface area contributed by atoms with Crippen molar-refractivity contribution >= 4 is 29.4 Å². The Kier molecular flexibility index (Phi) is 4.39. The lowest BCUT2D eigenvalue weighted by molar-refractivity contribution is -0.384. The third kappa shape index (κ3) is 3.94. The number of rotatable bonds is 4. The van der Waals surface area contributed by atoms with Crippen LogP contribution in [0.2, 0.25) is 19.6 Å². The number of halogens is 3. The molecule has 1 N–H and O–H groups in total. The minimum Gasteiger partial charge on any atom is -0.405 e. The van der Waals surface area contributed by atoms with Crippen LogP contribution < -0.4 is 4.98 Å². The van der Waals surface area contributed by atoms with Crippen molar-refractivity contribution in [2.45, 2.75) is 30.0 Å². The largest absolute Gasteiger partial charge is 0.501 e. The first-order chi connectivity index (χ1) is 9.25. The maximum atomic E-state index is 12.5. The Labute approximate surface area is 120 Å². The minimum absolute atomic E-state index is 0.000270. The quantitative estimate of drug-likeness (QED) is 0.516. The minimum atomic E-state index is -5.61. The summed E-state index contributed by atoms with van der Waals surface area (Å²) in [6.45, 7) is 5.49. The average molecular weight is 342 g/mol. The molecular weight excluding hydrogens is 329 g/mol. The topological polar surface area (TPSA) is 89.3 Å². The Balaban J connectivity index is 3.45. The lowest BCUT2D eigenvalue weighted by Gasteiger charge is -2.19. The molecule has 0 heterocycles. The van der Waals surface area contributed by atoms with Crippen LogP contribution >= 0.6 is 0 Å². The van der Waals surface area contributed by atoms with E-state index in [1.165, 1.54) is 0 Å². The molecule has 0 radical (unpaired) electrons. The third-order valence-electron chi connectivity index (χ3n) is 2.29. The standard InChI is InChI=1S/C10H13F3N2O4SSi/c1-21(2,3)14-8-5-4-7(6-9(8)15(16)17)20(18,19)10(11,12)13/h4-6,14H,1-3H3. The normalized spacial score (nSPS) is 13.0. The van der Waals surface area contributed by atoms with Crippen LogP contribution in [0.1, 0.15) is 0 Å². The molecule has 0 aliphatic heterocycles. The van der Waals surface area contributed by atoms with Crippen LogP contribution in [0.25, 0.3) is 0 Å². The lowest BCUT2D eigenvalue weighted by Crippen LogP contribution is -2.32. The van der Waals surface area contributed by atoms with Gasteiger partial charge in [-0.3, -0.25) is 10.1 Å². The van der Waals surface area contributed by atoms with Crippen LogP contribution in [0.3, 0.4) is 0 Å². The molecular formula is C10H13F3N2O4SSi. The number of nitrogens with zero attached hydrogens (tertiary/aromatic N) is 1. The number of hydrogen-bond acceptors (Lipinski definition) is 5. The van der Waals surface area contributed by atoms with E-state index < -0.39 is 39.1 Å². The molecule has 0 atom stereocenters. The molecule has 0 fully saturated rings. The molecule has 11 heteroatoms. The van der Waals surface area contributed by atoms with Crippen molar-refractivity contribution < 1.29 is 26.5 Å². The van der Waals surface area contributed by atoms with Gasteiger partial charge in [0.1, 0.15) is 13.9 Å².